The van der Waals surface area contributed by atoms with Crippen molar-refractivity contribution in [3.63, 3.8) is 0 Å². The second-order valence-corrected chi connectivity index (χ2v) is 6.07. The van der Waals surface area contributed by atoms with E-state index in [1.165, 1.54) is 4.88 Å². The first-order chi connectivity index (χ1) is 9.70. The smallest absolute Gasteiger partial charge is 0.170 e. The van der Waals surface area contributed by atoms with Gasteiger partial charge in [-0.1, -0.05) is 41.0 Å². The topological polar surface area (TPSA) is 70.6 Å². The van der Waals surface area contributed by atoms with Crippen LogP contribution >= 0.6 is 22.9 Å². The molecule has 4 N–H and O–H groups in total. The van der Waals surface area contributed by atoms with Gasteiger partial charge in [-0.3, -0.25) is 0 Å². The quantitative estimate of drug-likeness (QED) is 0.253. The molecular weight excluding hydrogens is 294 g/mol. The predicted molar refractivity (Wildman–Crippen MR) is 83.7 cm³/mol. The second kappa shape index (κ2) is 7.28. The Labute approximate surface area is 126 Å². The summed E-state index contributed by atoms with van der Waals surface area (Å²) in [5, 5.41) is 15.2. The Morgan fingerprint density at radius 1 is 1.30 bits per heavy atom. The Balaban J connectivity index is 1.88. The molecule has 1 heterocycles. The Hall–Kier alpha value is -1.56. The Kier molecular flexibility index (Phi) is 5.40. The molecule has 0 unspecified atom stereocenters. The van der Waals surface area contributed by atoms with Crippen molar-refractivity contribution >= 4 is 28.8 Å². The summed E-state index contributed by atoms with van der Waals surface area (Å²) in [6, 6.07) is 11.6. The molecule has 0 amide bonds. The van der Waals surface area contributed by atoms with E-state index in [4.69, 9.17) is 22.5 Å². The molecule has 20 heavy (non-hydrogen) atoms. The first-order valence-corrected chi connectivity index (χ1v) is 7.41. The summed E-state index contributed by atoms with van der Waals surface area (Å²) in [7, 11) is 0. The van der Waals surface area contributed by atoms with E-state index in [0.717, 1.165) is 28.4 Å². The molecule has 0 spiro atoms. The third-order valence-electron chi connectivity index (χ3n) is 2.89. The van der Waals surface area contributed by atoms with E-state index in [9.17, 15) is 0 Å². The summed E-state index contributed by atoms with van der Waals surface area (Å²) in [5.41, 5.74) is 7.41. The van der Waals surface area contributed by atoms with E-state index in [1.54, 1.807) is 11.3 Å². The number of nitrogens with one attached hydrogen (secondary N) is 1. The number of amidine groups is 1. The number of rotatable bonds is 6. The van der Waals surface area contributed by atoms with Gasteiger partial charge in [-0.05, 0) is 24.1 Å². The number of thiophene rings is 1. The van der Waals surface area contributed by atoms with E-state index in [0.29, 0.717) is 6.54 Å². The molecule has 0 radical (unpaired) electrons. The molecule has 4 nitrogen and oxygen atoms in total. The van der Waals surface area contributed by atoms with Gasteiger partial charge in [0.05, 0.1) is 4.34 Å². The lowest BCUT2D eigenvalue weighted by molar-refractivity contribution is 0.318. The number of halogens is 1. The molecule has 0 aliphatic heterocycles. The molecule has 1 aromatic heterocycles. The van der Waals surface area contributed by atoms with Crippen LogP contribution in [0.2, 0.25) is 4.34 Å². The molecule has 0 saturated carbocycles. The number of hydrogen-bond acceptors (Lipinski definition) is 4. The van der Waals surface area contributed by atoms with Crippen molar-refractivity contribution in [3.05, 3.63) is 56.7 Å². The van der Waals surface area contributed by atoms with Gasteiger partial charge in [0.2, 0.25) is 0 Å². The van der Waals surface area contributed by atoms with Crippen molar-refractivity contribution in [3.8, 4) is 0 Å². The summed E-state index contributed by atoms with van der Waals surface area (Å²) in [4.78, 5) is 1.26. The van der Waals surface area contributed by atoms with Crippen LogP contribution in [0.5, 0.6) is 0 Å². The molecule has 0 bridgehead atoms. The highest BCUT2D eigenvalue weighted by Gasteiger charge is 2.05. The van der Waals surface area contributed by atoms with Gasteiger partial charge in [0, 0.05) is 23.5 Å². The molecule has 0 saturated heterocycles. The second-order valence-electron chi connectivity index (χ2n) is 4.27. The SMILES string of the molecule is N/C(=N/O)c1ccccc1CNCCc1ccc(Cl)s1. The van der Waals surface area contributed by atoms with Crippen LogP contribution in [0.25, 0.3) is 0 Å². The minimum atomic E-state index is 0.132. The van der Waals surface area contributed by atoms with Crippen LogP contribution in [0.3, 0.4) is 0 Å². The summed E-state index contributed by atoms with van der Waals surface area (Å²) in [6.07, 6.45) is 0.934. The van der Waals surface area contributed by atoms with Gasteiger partial charge < -0.3 is 16.3 Å². The fraction of sp³-hybridized carbons (Fsp3) is 0.214. The summed E-state index contributed by atoms with van der Waals surface area (Å²) >= 11 is 7.49. The zero-order chi connectivity index (χ0) is 14.4. The molecule has 2 aromatic rings. The molecule has 1 aromatic carbocycles. The molecular formula is C14H16ClN3OS. The van der Waals surface area contributed by atoms with Crippen LogP contribution in [-0.4, -0.2) is 17.6 Å². The first-order valence-electron chi connectivity index (χ1n) is 6.21. The minimum Gasteiger partial charge on any atom is -0.409 e. The van der Waals surface area contributed by atoms with Gasteiger partial charge in [0.25, 0.3) is 0 Å². The van der Waals surface area contributed by atoms with Gasteiger partial charge in [0.15, 0.2) is 5.84 Å². The summed E-state index contributed by atoms with van der Waals surface area (Å²) < 4.78 is 0.817. The van der Waals surface area contributed by atoms with Crippen LogP contribution < -0.4 is 11.1 Å². The maximum absolute atomic E-state index is 8.77. The Morgan fingerprint density at radius 3 is 2.80 bits per heavy atom. The fourth-order valence-corrected chi connectivity index (χ4v) is 2.99. The van der Waals surface area contributed by atoms with Crippen molar-refractivity contribution in [2.45, 2.75) is 13.0 Å². The maximum atomic E-state index is 8.77. The van der Waals surface area contributed by atoms with Gasteiger partial charge in [0.1, 0.15) is 0 Å². The first kappa shape index (κ1) is 14.8. The highest BCUT2D eigenvalue weighted by molar-refractivity contribution is 7.16. The van der Waals surface area contributed by atoms with E-state index in [1.807, 2.05) is 36.4 Å². The molecule has 0 fully saturated rings. The van der Waals surface area contributed by atoms with Crippen molar-refractivity contribution in [1.82, 2.24) is 5.32 Å². The lowest BCUT2D eigenvalue weighted by Crippen LogP contribution is -2.21. The van der Waals surface area contributed by atoms with Crippen LogP contribution in [0.4, 0.5) is 0 Å². The number of hydrogen-bond donors (Lipinski definition) is 3. The average molecular weight is 310 g/mol. The summed E-state index contributed by atoms with van der Waals surface area (Å²) in [6.45, 7) is 1.52. The maximum Gasteiger partial charge on any atom is 0.170 e. The molecule has 0 aliphatic carbocycles. The lowest BCUT2D eigenvalue weighted by Gasteiger charge is -2.09. The van der Waals surface area contributed by atoms with Crippen LogP contribution in [0, 0.1) is 0 Å². The molecule has 106 valence electrons. The van der Waals surface area contributed by atoms with Gasteiger partial charge in [-0.15, -0.1) is 11.3 Å². The Bertz CT molecular complexity index is 598. The highest BCUT2D eigenvalue weighted by Crippen LogP contribution is 2.21. The number of nitrogens with zero attached hydrogens (tertiary/aromatic N) is 1. The monoisotopic (exact) mass is 309 g/mol. The lowest BCUT2D eigenvalue weighted by atomic mass is 10.1. The molecule has 2 rings (SSSR count). The third-order valence-corrected chi connectivity index (χ3v) is 4.18. The van der Waals surface area contributed by atoms with Crippen LogP contribution in [-0.2, 0) is 13.0 Å². The van der Waals surface area contributed by atoms with E-state index in [-0.39, 0.29) is 5.84 Å². The number of oxime groups is 1. The molecule has 6 heteroatoms. The summed E-state index contributed by atoms with van der Waals surface area (Å²) in [5.74, 6) is 0.132. The van der Waals surface area contributed by atoms with Gasteiger partial charge >= 0.3 is 0 Å². The fourth-order valence-electron chi connectivity index (χ4n) is 1.90. The Morgan fingerprint density at radius 2 is 2.10 bits per heavy atom. The average Bonchev–Trinajstić information content (AvgIpc) is 2.89. The normalized spacial score (nSPS) is 11.8. The number of benzene rings is 1. The predicted octanol–water partition coefficient (Wildman–Crippen LogP) is 2.83. The zero-order valence-electron chi connectivity index (χ0n) is 10.8. The van der Waals surface area contributed by atoms with E-state index >= 15 is 0 Å². The van der Waals surface area contributed by atoms with E-state index < -0.39 is 0 Å². The highest BCUT2D eigenvalue weighted by atomic mass is 35.5. The van der Waals surface area contributed by atoms with Crippen molar-refractivity contribution in [2.24, 2.45) is 10.9 Å². The standard InChI is InChI=1S/C14H16ClN3OS/c15-13-6-5-11(20-13)7-8-17-9-10-3-1-2-4-12(10)14(16)18-19/h1-6,17,19H,7-9H2,(H2,16,18). The van der Waals surface area contributed by atoms with Crippen LogP contribution in [0.15, 0.2) is 41.6 Å². The van der Waals surface area contributed by atoms with Crippen molar-refractivity contribution < 1.29 is 5.21 Å². The van der Waals surface area contributed by atoms with Gasteiger partial charge in [-0.2, -0.15) is 0 Å². The minimum absolute atomic E-state index is 0.132. The van der Waals surface area contributed by atoms with Gasteiger partial charge in [-0.25, -0.2) is 0 Å². The van der Waals surface area contributed by atoms with E-state index in [2.05, 4.69) is 10.5 Å². The van der Waals surface area contributed by atoms with Crippen LogP contribution in [0.1, 0.15) is 16.0 Å². The number of nitrogens with two attached hydrogens (primary N) is 1. The van der Waals surface area contributed by atoms with Crippen molar-refractivity contribution in [1.29, 1.82) is 0 Å². The zero-order valence-corrected chi connectivity index (χ0v) is 12.4. The third kappa shape index (κ3) is 3.96. The molecule has 0 aliphatic rings. The largest absolute Gasteiger partial charge is 0.409 e. The van der Waals surface area contributed by atoms with Crippen molar-refractivity contribution in [2.75, 3.05) is 6.54 Å². The molecule has 0 atom stereocenters.